The summed E-state index contributed by atoms with van der Waals surface area (Å²) >= 11 is 13.4. The first-order valence-corrected chi connectivity index (χ1v) is 11.4. The standard InChI is InChI=1S/C24H28Cl2N2/c25-21-9-3-1-7-17(21)19-15-24(28-13-5-6-14-28)11-12-27-23(19)20(16-24)18-8-2-4-10-22(18)26/h1-4,7-10,19-20,23,27H,5-6,11-16H2. The number of rotatable bonds is 3. The Labute approximate surface area is 178 Å². The molecule has 3 saturated heterocycles. The minimum absolute atomic E-state index is 0.240. The number of hydrogen-bond acceptors (Lipinski definition) is 2. The fourth-order valence-corrected chi connectivity index (χ4v) is 6.71. The Balaban J connectivity index is 1.62. The molecular formula is C24H28Cl2N2. The molecule has 2 nitrogen and oxygen atoms in total. The van der Waals surface area contributed by atoms with Gasteiger partial charge >= 0.3 is 0 Å². The van der Waals surface area contributed by atoms with E-state index in [1.165, 1.54) is 56.3 Å². The second kappa shape index (κ2) is 7.65. The summed E-state index contributed by atoms with van der Waals surface area (Å²) in [5.41, 5.74) is 2.83. The molecule has 2 bridgehead atoms. The van der Waals surface area contributed by atoms with Crippen molar-refractivity contribution < 1.29 is 0 Å². The third kappa shape index (κ3) is 3.19. The van der Waals surface area contributed by atoms with Crippen molar-refractivity contribution in [2.24, 2.45) is 0 Å². The van der Waals surface area contributed by atoms with Crippen LogP contribution in [0.3, 0.4) is 0 Å². The van der Waals surface area contributed by atoms with Crippen LogP contribution in [0.5, 0.6) is 0 Å². The van der Waals surface area contributed by atoms with Gasteiger partial charge in [0.25, 0.3) is 0 Å². The Morgan fingerprint density at radius 1 is 0.821 bits per heavy atom. The van der Waals surface area contributed by atoms with Crippen LogP contribution in [0.2, 0.25) is 10.0 Å². The number of fused-ring (bicyclic) bond motifs is 4. The largest absolute Gasteiger partial charge is 0.313 e. The number of likely N-dealkylation sites (tertiary alicyclic amines) is 1. The number of hydrogen-bond donors (Lipinski definition) is 1. The smallest absolute Gasteiger partial charge is 0.0441 e. The van der Waals surface area contributed by atoms with Crippen molar-refractivity contribution in [3.8, 4) is 0 Å². The normalized spacial score (nSPS) is 33.1. The maximum Gasteiger partial charge on any atom is 0.0441 e. The summed E-state index contributed by atoms with van der Waals surface area (Å²) in [4.78, 5) is 2.80. The van der Waals surface area contributed by atoms with Gasteiger partial charge in [-0.2, -0.15) is 0 Å². The van der Waals surface area contributed by atoms with Gasteiger partial charge in [-0.3, -0.25) is 4.90 Å². The zero-order valence-electron chi connectivity index (χ0n) is 16.2. The lowest BCUT2D eigenvalue weighted by molar-refractivity contribution is 0.0552. The quantitative estimate of drug-likeness (QED) is 0.677. The van der Waals surface area contributed by atoms with Crippen LogP contribution in [0.15, 0.2) is 48.5 Å². The zero-order valence-corrected chi connectivity index (χ0v) is 17.7. The molecule has 4 fully saturated rings. The van der Waals surface area contributed by atoms with Crippen molar-refractivity contribution in [2.75, 3.05) is 19.6 Å². The molecule has 1 aliphatic carbocycles. The van der Waals surface area contributed by atoms with E-state index in [2.05, 4.69) is 34.5 Å². The van der Waals surface area contributed by atoms with E-state index in [0.717, 1.165) is 16.6 Å². The summed E-state index contributed by atoms with van der Waals surface area (Å²) in [5.74, 6) is 0.818. The minimum Gasteiger partial charge on any atom is -0.313 e. The van der Waals surface area contributed by atoms with Crippen molar-refractivity contribution in [1.29, 1.82) is 0 Å². The van der Waals surface area contributed by atoms with Crippen LogP contribution in [-0.2, 0) is 0 Å². The molecule has 2 aromatic carbocycles. The Hall–Kier alpha value is -1.06. The molecule has 2 aromatic rings. The first-order valence-electron chi connectivity index (χ1n) is 10.7. The third-order valence-electron chi connectivity index (χ3n) is 7.42. The average molecular weight is 415 g/mol. The van der Waals surface area contributed by atoms with Crippen LogP contribution >= 0.6 is 23.2 Å². The summed E-state index contributed by atoms with van der Waals surface area (Å²) < 4.78 is 0. The molecule has 0 aromatic heterocycles. The Morgan fingerprint density at radius 2 is 1.36 bits per heavy atom. The SMILES string of the molecule is Clc1ccccc1C1CC2(N3CCCC3)CCNC1C(c1ccccc1Cl)C2. The first kappa shape index (κ1) is 18.9. The van der Waals surface area contributed by atoms with E-state index >= 15 is 0 Å². The van der Waals surface area contributed by atoms with Gasteiger partial charge in [0, 0.05) is 33.5 Å². The molecule has 6 rings (SSSR count). The van der Waals surface area contributed by atoms with E-state index in [9.17, 15) is 0 Å². The van der Waals surface area contributed by atoms with Gasteiger partial charge in [0.15, 0.2) is 0 Å². The summed E-state index contributed by atoms with van der Waals surface area (Å²) in [6.45, 7) is 3.54. The highest BCUT2D eigenvalue weighted by molar-refractivity contribution is 6.31. The van der Waals surface area contributed by atoms with Gasteiger partial charge < -0.3 is 5.32 Å². The number of nitrogens with zero attached hydrogens (tertiary/aromatic N) is 1. The zero-order chi connectivity index (χ0) is 19.1. The van der Waals surface area contributed by atoms with Gasteiger partial charge in [-0.1, -0.05) is 59.6 Å². The lowest BCUT2D eigenvalue weighted by Crippen LogP contribution is -2.53. The van der Waals surface area contributed by atoms with Crippen molar-refractivity contribution in [3.05, 3.63) is 69.7 Å². The summed E-state index contributed by atoms with van der Waals surface area (Å²) in [7, 11) is 0. The Bertz CT molecular complexity index is 791. The molecule has 4 heteroatoms. The number of benzene rings is 2. The first-order chi connectivity index (χ1) is 13.7. The molecule has 148 valence electrons. The highest BCUT2D eigenvalue weighted by Crippen LogP contribution is 2.53. The van der Waals surface area contributed by atoms with E-state index in [-0.39, 0.29) is 5.54 Å². The van der Waals surface area contributed by atoms with Crippen LogP contribution in [0.1, 0.15) is 55.1 Å². The van der Waals surface area contributed by atoms with E-state index < -0.39 is 0 Å². The van der Waals surface area contributed by atoms with Crippen molar-refractivity contribution >= 4 is 23.2 Å². The van der Waals surface area contributed by atoms with Gasteiger partial charge in [0.1, 0.15) is 0 Å². The van der Waals surface area contributed by atoms with E-state index in [1.54, 1.807) is 0 Å². The van der Waals surface area contributed by atoms with Crippen LogP contribution in [0, 0.1) is 0 Å². The van der Waals surface area contributed by atoms with E-state index in [1.807, 2.05) is 24.3 Å². The van der Waals surface area contributed by atoms with E-state index in [4.69, 9.17) is 23.2 Å². The predicted octanol–water partition coefficient (Wildman–Crippen LogP) is 5.85. The molecule has 1 saturated carbocycles. The molecule has 2 atom stereocenters. The Morgan fingerprint density at radius 3 is 1.89 bits per heavy atom. The second-order valence-corrected chi connectivity index (χ2v) is 9.63. The third-order valence-corrected chi connectivity index (χ3v) is 8.11. The average Bonchev–Trinajstić information content (AvgIpc) is 3.12. The Kier molecular flexibility index (Phi) is 5.17. The van der Waals surface area contributed by atoms with Crippen LogP contribution in [0.25, 0.3) is 0 Å². The topological polar surface area (TPSA) is 15.3 Å². The maximum atomic E-state index is 6.71. The van der Waals surface area contributed by atoms with Crippen LogP contribution < -0.4 is 5.32 Å². The lowest BCUT2D eigenvalue weighted by atomic mass is 9.63. The van der Waals surface area contributed by atoms with Crippen molar-refractivity contribution in [1.82, 2.24) is 10.2 Å². The van der Waals surface area contributed by atoms with Gasteiger partial charge in [-0.05, 0) is 75.0 Å². The fraction of sp³-hybridized carbons (Fsp3) is 0.500. The van der Waals surface area contributed by atoms with Gasteiger partial charge in [-0.15, -0.1) is 0 Å². The fourth-order valence-electron chi connectivity index (χ4n) is 6.16. The van der Waals surface area contributed by atoms with Gasteiger partial charge in [0.05, 0.1) is 0 Å². The van der Waals surface area contributed by atoms with E-state index in [0.29, 0.717) is 17.9 Å². The second-order valence-electron chi connectivity index (χ2n) is 8.81. The number of nitrogens with one attached hydrogen (secondary N) is 1. The minimum atomic E-state index is 0.240. The molecule has 1 N–H and O–H groups in total. The van der Waals surface area contributed by atoms with Gasteiger partial charge in [-0.25, -0.2) is 0 Å². The molecule has 0 amide bonds. The number of halogens is 2. The van der Waals surface area contributed by atoms with Crippen molar-refractivity contribution in [3.63, 3.8) is 0 Å². The summed E-state index contributed by atoms with van der Waals surface area (Å²) in [6, 6.07) is 17.3. The van der Waals surface area contributed by atoms with Gasteiger partial charge in [0.2, 0.25) is 0 Å². The van der Waals surface area contributed by atoms with Crippen molar-refractivity contribution in [2.45, 2.75) is 55.5 Å². The van der Waals surface area contributed by atoms with Crippen LogP contribution in [-0.4, -0.2) is 36.1 Å². The molecule has 28 heavy (non-hydrogen) atoms. The summed E-state index contributed by atoms with van der Waals surface area (Å²) in [6.07, 6.45) is 6.24. The molecule has 3 aliphatic heterocycles. The van der Waals surface area contributed by atoms with Crippen LogP contribution in [0.4, 0.5) is 0 Å². The monoisotopic (exact) mass is 414 g/mol. The predicted molar refractivity (Wildman–Crippen MR) is 118 cm³/mol. The highest BCUT2D eigenvalue weighted by Gasteiger charge is 2.52. The molecule has 4 aliphatic rings. The lowest BCUT2D eigenvalue weighted by Gasteiger charge is -2.51. The highest BCUT2D eigenvalue weighted by atomic mass is 35.5. The molecule has 0 spiro atoms. The molecule has 3 heterocycles. The molecule has 2 unspecified atom stereocenters. The molecule has 0 radical (unpaired) electrons. The molecular weight excluding hydrogens is 387 g/mol. The maximum absolute atomic E-state index is 6.71. The summed E-state index contributed by atoms with van der Waals surface area (Å²) in [5, 5.41) is 5.73.